The van der Waals surface area contributed by atoms with Crippen molar-refractivity contribution in [3.8, 4) is 10.8 Å². The predicted octanol–water partition coefficient (Wildman–Crippen LogP) is 1.99. The number of nitriles is 2. The molecule has 50 valence electrons. The topological polar surface area (TPSA) is 47.6 Å². The zero-order valence-corrected chi connectivity index (χ0v) is 6.86. The van der Waals surface area contributed by atoms with Gasteiger partial charge in [0.2, 0.25) is 0 Å². The first-order chi connectivity index (χ1) is 4.24. The number of thiol groups is 2. The maximum absolute atomic E-state index is 7.18. The van der Waals surface area contributed by atoms with Gasteiger partial charge >= 0.3 is 0 Å². The van der Waals surface area contributed by atoms with Crippen LogP contribution in [0.4, 0.5) is 0 Å². The fourth-order valence-electron chi connectivity index (χ4n) is 0. The molecule has 0 heterocycles. The minimum Gasteiger partial charge on any atom is -0.185 e. The van der Waals surface area contributed by atoms with Gasteiger partial charge in [-0.25, -0.2) is 0 Å². The third kappa shape index (κ3) is 648. The van der Waals surface area contributed by atoms with E-state index in [1.54, 1.807) is 6.08 Å². The number of hydrogen-bond donors (Lipinski definition) is 2. The van der Waals surface area contributed by atoms with Crippen molar-refractivity contribution >= 4 is 25.3 Å². The fraction of sp³-hybridized carbons (Fsp3) is 0.200. The molecule has 0 fully saturated rings. The van der Waals surface area contributed by atoms with Gasteiger partial charge < -0.3 is 0 Å². The minimum atomic E-state index is 1.44. The van der Waals surface area contributed by atoms with Gasteiger partial charge in [-0.3, -0.25) is 0 Å². The molecule has 0 saturated carbocycles. The normalized spacial score (nSPS) is 3.22. The van der Waals surface area contributed by atoms with E-state index in [9.17, 15) is 0 Å². The first-order valence-electron chi connectivity index (χ1n) is 1.88. The minimum absolute atomic E-state index is 1.44. The standard InChI is InChI=1S/C3H6.2CHNS/c1-3-2;2*2-1-3/h3H,1H2,2H3;2*3H. The Hall–Kier alpha value is -0.580. The number of thiocyanates is 2. The van der Waals surface area contributed by atoms with Crippen molar-refractivity contribution in [3.05, 3.63) is 12.7 Å². The molecule has 0 aliphatic rings. The lowest BCUT2D eigenvalue weighted by Gasteiger charge is -1.31. The second-order valence-corrected chi connectivity index (χ2v) is 1.01. The van der Waals surface area contributed by atoms with E-state index in [2.05, 4.69) is 31.8 Å². The zero-order chi connectivity index (χ0) is 8.12. The summed E-state index contributed by atoms with van der Waals surface area (Å²) in [4.78, 5) is 0. The van der Waals surface area contributed by atoms with Crippen LogP contribution < -0.4 is 0 Å². The molecule has 0 amide bonds. The summed E-state index contributed by atoms with van der Waals surface area (Å²) in [6.07, 6.45) is 1.75. The molecular formula is C5H8N2S2. The van der Waals surface area contributed by atoms with Gasteiger partial charge in [-0.05, 0) is 6.92 Å². The Morgan fingerprint density at radius 2 is 1.33 bits per heavy atom. The van der Waals surface area contributed by atoms with E-state index in [4.69, 9.17) is 10.5 Å². The molecule has 0 atom stereocenters. The molecule has 0 spiro atoms. The molecular weight excluding hydrogens is 152 g/mol. The molecule has 0 rings (SSSR count). The molecule has 0 unspecified atom stereocenters. The Kier molecular flexibility index (Phi) is 91.6. The Bertz CT molecular complexity index is 97.1. The Morgan fingerprint density at radius 3 is 1.33 bits per heavy atom. The summed E-state index contributed by atoms with van der Waals surface area (Å²) in [7, 11) is 0. The van der Waals surface area contributed by atoms with E-state index in [0.29, 0.717) is 0 Å². The van der Waals surface area contributed by atoms with Crippen molar-refractivity contribution in [2.75, 3.05) is 0 Å². The Balaban J connectivity index is -0.0000000600. The Labute approximate surface area is 66.6 Å². The van der Waals surface area contributed by atoms with Crippen LogP contribution >= 0.6 is 25.3 Å². The molecule has 0 radical (unpaired) electrons. The molecule has 0 aliphatic heterocycles. The van der Waals surface area contributed by atoms with Crippen LogP contribution in [0.25, 0.3) is 0 Å². The average Bonchev–Trinajstić information content (AvgIpc) is 1.70. The van der Waals surface area contributed by atoms with Crippen LogP contribution in [0.15, 0.2) is 12.7 Å². The second-order valence-electron chi connectivity index (χ2n) is 0.608. The number of hydrogen-bond acceptors (Lipinski definition) is 4. The van der Waals surface area contributed by atoms with Gasteiger partial charge in [0.1, 0.15) is 10.8 Å². The van der Waals surface area contributed by atoms with Crippen LogP contribution in [0.2, 0.25) is 0 Å². The van der Waals surface area contributed by atoms with Crippen LogP contribution in [-0.2, 0) is 0 Å². The van der Waals surface area contributed by atoms with Crippen LogP contribution in [0.5, 0.6) is 0 Å². The molecule has 0 aromatic carbocycles. The predicted molar refractivity (Wildman–Crippen MR) is 45.1 cm³/mol. The summed E-state index contributed by atoms with van der Waals surface area (Å²) in [5.41, 5.74) is 0. The van der Waals surface area contributed by atoms with E-state index in [-0.39, 0.29) is 0 Å². The van der Waals surface area contributed by atoms with Crippen LogP contribution in [0.3, 0.4) is 0 Å². The van der Waals surface area contributed by atoms with Crippen molar-refractivity contribution in [2.45, 2.75) is 6.92 Å². The Morgan fingerprint density at radius 1 is 1.33 bits per heavy atom. The van der Waals surface area contributed by atoms with Gasteiger partial charge in [-0.2, -0.15) is 10.5 Å². The van der Waals surface area contributed by atoms with Gasteiger partial charge in [0.05, 0.1) is 0 Å². The smallest absolute Gasteiger partial charge is 0.130 e. The number of rotatable bonds is 0. The molecule has 9 heavy (non-hydrogen) atoms. The summed E-state index contributed by atoms with van der Waals surface area (Å²) in [5, 5.41) is 17.3. The molecule has 2 nitrogen and oxygen atoms in total. The van der Waals surface area contributed by atoms with Crippen LogP contribution in [-0.4, -0.2) is 0 Å². The third-order valence-corrected chi connectivity index (χ3v) is 0. The number of nitrogens with zero attached hydrogens (tertiary/aromatic N) is 2. The van der Waals surface area contributed by atoms with Crippen molar-refractivity contribution in [1.29, 1.82) is 10.5 Å². The third-order valence-electron chi connectivity index (χ3n) is 0. The largest absolute Gasteiger partial charge is 0.185 e. The summed E-state index contributed by atoms with van der Waals surface area (Å²) in [5.74, 6) is 0. The lowest BCUT2D eigenvalue weighted by Crippen LogP contribution is -1.07. The van der Waals surface area contributed by atoms with Gasteiger partial charge in [-0.1, -0.05) is 31.3 Å². The molecule has 4 heteroatoms. The van der Waals surface area contributed by atoms with E-state index < -0.39 is 0 Å². The average molecular weight is 160 g/mol. The summed E-state index contributed by atoms with van der Waals surface area (Å²) >= 11 is 6.19. The van der Waals surface area contributed by atoms with Crippen molar-refractivity contribution in [2.24, 2.45) is 0 Å². The molecule has 0 bridgehead atoms. The molecule has 0 aromatic heterocycles. The zero-order valence-electron chi connectivity index (χ0n) is 5.07. The summed E-state index contributed by atoms with van der Waals surface area (Å²) in [6.45, 7) is 5.25. The second kappa shape index (κ2) is 52.2. The van der Waals surface area contributed by atoms with Crippen molar-refractivity contribution < 1.29 is 0 Å². The molecule has 0 saturated heterocycles. The fourth-order valence-corrected chi connectivity index (χ4v) is 0. The van der Waals surface area contributed by atoms with Gasteiger partial charge in [0.15, 0.2) is 0 Å². The highest BCUT2D eigenvalue weighted by Crippen LogP contribution is 1.46. The van der Waals surface area contributed by atoms with E-state index in [1.165, 1.54) is 10.8 Å². The first kappa shape index (κ1) is 15.8. The van der Waals surface area contributed by atoms with E-state index in [0.717, 1.165) is 0 Å². The highest BCUT2D eigenvalue weighted by atomic mass is 32.1. The maximum atomic E-state index is 7.18. The van der Waals surface area contributed by atoms with Gasteiger partial charge in [0, 0.05) is 0 Å². The van der Waals surface area contributed by atoms with E-state index >= 15 is 0 Å². The highest BCUT2D eigenvalue weighted by Gasteiger charge is 1.18. The van der Waals surface area contributed by atoms with E-state index in [1.807, 2.05) is 6.92 Å². The summed E-state index contributed by atoms with van der Waals surface area (Å²) in [6, 6.07) is 0. The first-order valence-corrected chi connectivity index (χ1v) is 2.77. The quantitative estimate of drug-likeness (QED) is 0.323. The van der Waals surface area contributed by atoms with Crippen molar-refractivity contribution in [3.63, 3.8) is 0 Å². The van der Waals surface area contributed by atoms with Gasteiger partial charge in [0.25, 0.3) is 0 Å². The SMILES string of the molecule is C=CC.N#CS.N#CS. The summed E-state index contributed by atoms with van der Waals surface area (Å²) < 4.78 is 0. The molecule has 0 aromatic rings. The monoisotopic (exact) mass is 160 g/mol. The lowest BCUT2D eigenvalue weighted by atomic mass is 10.8. The maximum Gasteiger partial charge on any atom is 0.130 e. The molecule has 0 N–H and O–H groups in total. The van der Waals surface area contributed by atoms with Crippen molar-refractivity contribution in [1.82, 2.24) is 0 Å². The number of allylic oxidation sites excluding steroid dienone is 1. The van der Waals surface area contributed by atoms with Crippen LogP contribution in [0.1, 0.15) is 6.92 Å². The van der Waals surface area contributed by atoms with Crippen LogP contribution in [0, 0.1) is 21.3 Å². The molecule has 0 aliphatic carbocycles. The van der Waals surface area contributed by atoms with Gasteiger partial charge in [-0.15, -0.1) is 6.58 Å². The lowest BCUT2D eigenvalue weighted by molar-refractivity contribution is 1.57. The highest BCUT2D eigenvalue weighted by molar-refractivity contribution is 7.85.